The predicted molar refractivity (Wildman–Crippen MR) is 91.9 cm³/mol. The number of carbonyl (C=O) groups excluding carboxylic acids is 1. The third kappa shape index (κ3) is 3.87. The van der Waals surface area contributed by atoms with Gasteiger partial charge in [0.15, 0.2) is 17.2 Å². The highest BCUT2D eigenvalue weighted by molar-refractivity contribution is 5.92. The number of aromatic amines is 1. The van der Waals surface area contributed by atoms with E-state index >= 15 is 0 Å². The number of methoxy groups -OCH3 is 2. The molecule has 24 heavy (non-hydrogen) atoms. The molecule has 1 aromatic carbocycles. The lowest BCUT2D eigenvalue weighted by Gasteiger charge is -2.13. The van der Waals surface area contributed by atoms with Gasteiger partial charge in [-0.1, -0.05) is 20.4 Å². The minimum absolute atomic E-state index is 0.272. The number of rotatable bonds is 7. The van der Waals surface area contributed by atoms with Gasteiger partial charge in [0.05, 0.1) is 19.9 Å². The molecule has 128 valence electrons. The lowest BCUT2D eigenvalue weighted by atomic mass is 10.1. The molecule has 0 bridgehead atoms. The van der Waals surface area contributed by atoms with Crippen molar-refractivity contribution < 1.29 is 14.3 Å². The Hall–Kier alpha value is -2.96. The van der Waals surface area contributed by atoms with Crippen LogP contribution in [0.15, 0.2) is 30.8 Å². The number of amides is 1. The van der Waals surface area contributed by atoms with Crippen LogP contribution in [0.25, 0.3) is 5.70 Å². The minimum atomic E-state index is -0.347. The van der Waals surface area contributed by atoms with Crippen molar-refractivity contribution in [3.05, 3.63) is 47.8 Å². The summed E-state index contributed by atoms with van der Waals surface area (Å²) in [6, 6.07) is 7.08. The Balaban J connectivity index is 2.00. The fourth-order valence-corrected chi connectivity index (χ4v) is 2.04. The number of benzene rings is 1. The van der Waals surface area contributed by atoms with Gasteiger partial charge in [-0.05, 0) is 30.2 Å². The molecule has 0 aliphatic carbocycles. The van der Waals surface area contributed by atoms with Gasteiger partial charge in [-0.2, -0.15) is 5.10 Å². The van der Waals surface area contributed by atoms with E-state index in [9.17, 15) is 4.79 Å². The quantitative estimate of drug-likeness (QED) is 0.679. The highest BCUT2D eigenvalue weighted by atomic mass is 16.5. The summed E-state index contributed by atoms with van der Waals surface area (Å²) in [5.74, 6) is 1.13. The smallest absolute Gasteiger partial charge is 0.290 e. The number of H-pyrrole nitrogens is 1. The van der Waals surface area contributed by atoms with Gasteiger partial charge in [0.25, 0.3) is 5.91 Å². The van der Waals surface area contributed by atoms with E-state index in [-0.39, 0.29) is 11.8 Å². The van der Waals surface area contributed by atoms with Crippen molar-refractivity contribution in [3.63, 3.8) is 0 Å². The average Bonchev–Trinajstić information content (AvgIpc) is 3.09. The van der Waals surface area contributed by atoms with Crippen LogP contribution in [-0.4, -0.2) is 30.3 Å². The molecule has 1 amide bonds. The van der Waals surface area contributed by atoms with Gasteiger partial charge in [0.1, 0.15) is 0 Å². The summed E-state index contributed by atoms with van der Waals surface area (Å²) < 4.78 is 10.4. The lowest BCUT2D eigenvalue weighted by molar-refractivity contribution is 0.0937. The zero-order valence-electron chi connectivity index (χ0n) is 14.3. The lowest BCUT2D eigenvalue weighted by Crippen LogP contribution is -2.36. The number of ether oxygens (including phenoxy) is 2. The number of nitrogens with zero attached hydrogens (tertiary/aromatic N) is 1. The van der Waals surface area contributed by atoms with Gasteiger partial charge in [-0.15, -0.1) is 0 Å². The number of nitrogens with one attached hydrogen (secondary N) is 3. The molecule has 1 aromatic heterocycles. The monoisotopic (exact) mass is 330 g/mol. The van der Waals surface area contributed by atoms with E-state index in [1.165, 1.54) is 0 Å². The van der Waals surface area contributed by atoms with Crippen LogP contribution in [0.5, 0.6) is 11.5 Å². The van der Waals surface area contributed by atoms with Crippen molar-refractivity contribution in [1.82, 2.24) is 21.0 Å². The first-order valence-corrected chi connectivity index (χ1v) is 7.49. The minimum Gasteiger partial charge on any atom is -0.493 e. The van der Waals surface area contributed by atoms with E-state index in [1.54, 1.807) is 32.4 Å². The van der Waals surface area contributed by atoms with Crippen LogP contribution in [0.3, 0.4) is 0 Å². The van der Waals surface area contributed by atoms with Crippen LogP contribution in [0.1, 0.15) is 41.5 Å². The fourth-order valence-electron chi connectivity index (χ4n) is 2.04. The van der Waals surface area contributed by atoms with E-state index in [1.807, 2.05) is 19.9 Å². The van der Waals surface area contributed by atoms with Crippen molar-refractivity contribution in [2.24, 2.45) is 0 Å². The molecule has 7 nitrogen and oxygen atoms in total. The van der Waals surface area contributed by atoms with Gasteiger partial charge >= 0.3 is 0 Å². The third-order valence-corrected chi connectivity index (χ3v) is 3.51. The van der Waals surface area contributed by atoms with E-state index in [0.29, 0.717) is 22.9 Å². The molecule has 0 aliphatic heterocycles. The summed E-state index contributed by atoms with van der Waals surface area (Å²) in [7, 11) is 3.13. The SMILES string of the molecule is C=C(NNC(=O)c1cc(C(C)C)[nH]n1)c1ccc(OC)c(OC)c1. The zero-order valence-corrected chi connectivity index (χ0v) is 14.3. The second-order valence-electron chi connectivity index (χ2n) is 5.49. The first-order valence-electron chi connectivity index (χ1n) is 7.49. The van der Waals surface area contributed by atoms with E-state index in [2.05, 4.69) is 27.6 Å². The second kappa shape index (κ2) is 7.54. The Kier molecular flexibility index (Phi) is 5.47. The summed E-state index contributed by atoms with van der Waals surface area (Å²) in [6.45, 7) is 7.94. The standard InChI is InChI=1S/C17H22N4O3/c1-10(2)13-9-14(20-19-13)17(22)21-18-11(3)12-6-7-15(23-4)16(8-12)24-5/h6-10,18H,3H2,1-2,4-5H3,(H,19,20)(H,21,22). The number of hydrogen-bond acceptors (Lipinski definition) is 5. The van der Waals surface area contributed by atoms with Crippen molar-refractivity contribution >= 4 is 11.6 Å². The van der Waals surface area contributed by atoms with E-state index < -0.39 is 0 Å². The summed E-state index contributed by atoms with van der Waals surface area (Å²) in [5.41, 5.74) is 7.85. The molecule has 0 atom stereocenters. The topological polar surface area (TPSA) is 88.3 Å². The van der Waals surface area contributed by atoms with Crippen molar-refractivity contribution in [1.29, 1.82) is 0 Å². The molecule has 0 unspecified atom stereocenters. The highest BCUT2D eigenvalue weighted by Crippen LogP contribution is 2.29. The largest absolute Gasteiger partial charge is 0.493 e. The van der Waals surface area contributed by atoms with E-state index in [4.69, 9.17) is 9.47 Å². The van der Waals surface area contributed by atoms with Gasteiger partial charge in [0, 0.05) is 11.3 Å². The Morgan fingerprint density at radius 3 is 2.46 bits per heavy atom. The summed E-state index contributed by atoms with van der Waals surface area (Å²) in [5, 5.41) is 6.84. The average molecular weight is 330 g/mol. The van der Waals surface area contributed by atoms with Crippen LogP contribution < -0.4 is 20.3 Å². The molecule has 0 saturated heterocycles. The molecule has 3 N–H and O–H groups in total. The first kappa shape index (κ1) is 17.4. The normalized spacial score (nSPS) is 10.4. The Morgan fingerprint density at radius 1 is 1.17 bits per heavy atom. The highest BCUT2D eigenvalue weighted by Gasteiger charge is 2.13. The van der Waals surface area contributed by atoms with Gasteiger partial charge in [0.2, 0.25) is 0 Å². The number of hydrazine groups is 1. The van der Waals surface area contributed by atoms with Crippen LogP contribution in [0.2, 0.25) is 0 Å². The molecule has 0 spiro atoms. The molecule has 0 radical (unpaired) electrons. The van der Waals surface area contributed by atoms with Gasteiger partial charge in [-0.25, -0.2) is 0 Å². The third-order valence-electron chi connectivity index (χ3n) is 3.51. The molecule has 2 rings (SSSR count). The molecule has 7 heteroatoms. The maximum atomic E-state index is 12.1. The molecular formula is C17H22N4O3. The second-order valence-corrected chi connectivity index (χ2v) is 5.49. The van der Waals surface area contributed by atoms with E-state index in [0.717, 1.165) is 11.3 Å². The molecular weight excluding hydrogens is 308 g/mol. The molecule has 2 aromatic rings. The number of carbonyl (C=O) groups is 1. The van der Waals surface area contributed by atoms with Crippen LogP contribution in [0, 0.1) is 0 Å². The molecule has 1 heterocycles. The van der Waals surface area contributed by atoms with Gasteiger partial charge < -0.3 is 9.47 Å². The molecule has 0 fully saturated rings. The Morgan fingerprint density at radius 2 is 1.88 bits per heavy atom. The van der Waals surface area contributed by atoms with Crippen LogP contribution in [0.4, 0.5) is 0 Å². The number of aromatic nitrogens is 2. The number of hydrogen-bond donors (Lipinski definition) is 3. The summed E-state index contributed by atoms with van der Waals surface area (Å²) in [4.78, 5) is 12.1. The summed E-state index contributed by atoms with van der Waals surface area (Å²) >= 11 is 0. The van der Waals surface area contributed by atoms with Gasteiger partial charge in [-0.3, -0.25) is 20.7 Å². The zero-order chi connectivity index (χ0) is 17.7. The maximum Gasteiger partial charge on any atom is 0.290 e. The summed E-state index contributed by atoms with van der Waals surface area (Å²) in [6.07, 6.45) is 0. The van der Waals surface area contributed by atoms with Crippen LogP contribution in [-0.2, 0) is 0 Å². The Bertz CT molecular complexity index is 737. The van der Waals surface area contributed by atoms with Crippen molar-refractivity contribution in [2.75, 3.05) is 14.2 Å². The molecule has 0 aliphatic rings. The molecule has 0 saturated carbocycles. The fraction of sp³-hybridized carbons (Fsp3) is 0.294. The predicted octanol–water partition coefficient (Wildman–Crippen LogP) is 2.46. The Labute approximate surface area is 141 Å². The maximum absolute atomic E-state index is 12.1. The van der Waals surface area contributed by atoms with Crippen LogP contribution >= 0.6 is 0 Å². The van der Waals surface area contributed by atoms with Crippen molar-refractivity contribution in [2.45, 2.75) is 19.8 Å². The first-order chi connectivity index (χ1) is 11.5. The van der Waals surface area contributed by atoms with Crippen molar-refractivity contribution in [3.8, 4) is 11.5 Å².